The SMILES string of the molecule is O=C(CCCC1C[C@H]2CNC[C@H]2C1)Cc1sc2c(c1-c1nc3ccccc3s1)CCNC2. The van der Waals surface area contributed by atoms with Gasteiger partial charge in [0.2, 0.25) is 0 Å². The van der Waals surface area contributed by atoms with E-state index in [4.69, 9.17) is 4.98 Å². The van der Waals surface area contributed by atoms with Crippen LogP contribution in [0.25, 0.3) is 20.8 Å². The molecule has 1 aliphatic carbocycles. The predicted octanol–water partition coefficient (Wildman–Crippen LogP) is 5.20. The van der Waals surface area contributed by atoms with Gasteiger partial charge in [0, 0.05) is 34.7 Å². The van der Waals surface area contributed by atoms with Crippen molar-refractivity contribution in [3.8, 4) is 10.6 Å². The highest BCUT2D eigenvalue weighted by Gasteiger charge is 2.36. The van der Waals surface area contributed by atoms with Crippen molar-refractivity contribution in [1.82, 2.24) is 15.6 Å². The fourth-order valence-electron chi connectivity index (χ4n) is 6.13. The molecule has 3 atom stereocenters. The maximum atomic E-state index is 13.0. The number of nitrogens with one attached hydrogen (secondary N) is 2. The number of hydrogen-bond donors (Lipinski definition) is 2. The summed E-state index contributed by atoms with van der Waals surface area (Å²) in [6.07, 6.45) is 7.36. The molecule has 4 nitrogen and oxygen atoms in total. The van der Waals surface area contributed by atoms with E-state index in [1.807, 2.05) is 11.3 Å². The lowest BCUT2D eigenvalue weighted by atomic mass is 9.96. The quantitative estimate of drug-likeness (QED) is 0.504. The molecule has 6 rings (SSSR count). The molecule has 4 heterocycles. The Bertz CT molecular complexity index is 1090. The smallest absolute Gasteiger partial charge is 0.138 e. The minimum Gasteiger partial charge on any atom is -0.316 e. The van der Waals surface area contributed by atoms with Gasteiger partial charge in [0.15, 0.2) is 0 Å². The number of ketones is 1. The molecule has 6 heteroatoms. The molecule has 0 spiro atoms. The summed E-state index contributed by atoms with van der Waals surface area (Å²) >= 11 is 3.61. The highest BCUT2D eigenvalue weighted by atomic mass is 32.1. The molecule has 0 bridgehead atoms. The highest BCUT2D eigenvalue weighted by molar-refractivity contribution is 7.22. The van der Waals surface area contributed by atoms with Gasteiger partial charge in [-0.3, -0.25) is 4.79 Å². The van der Waals surface area contributed by atoms with Gasteiger partial charge in [-0.2, -0.15) is 0 Å². The van der Waals surface area contributed by atoms with Crippen molar-refractivity contribution in [3.05, 3.63) is 39.6 Å². The molecular formula is C26H31N3OS2. The zero-order valence-corrected chi connectivity index (χ0v) is 20.1. The zero-order chi connectivity index (χ0) is 21.5. The van der Waals surface area contributed by atoms with Gasteiger partial charge in [-0.15, -0.1) is 22.7 Å². The zero-order valence-electron chi connectivity index (χ0n) is 18.5. The van der Waals surface area contributed by atoms with Crippen LogP contribution >= 0.6 is 22.7 Å². The number of hydrogen-bond acceptors (Lipinski definition) is 6. The number of aromatic nitrogens is 1. The van der Waals surface area contributed by atoms with Gasteiger partial charge < -0.3 is 10.6 Å². The highest BCUT2D eigenvalue weighted by Crippen LogP contribution is 2.43. The predicted molar refractivity (Wildman–Crippen MR) is 133 cm³/mol. The lowest BCUT2D eigenvalue weighted by molar-refractivity contribution is -0.118. The molecule has 2 fully saturated rings. The minimum absolute atomic E-state index is 0.402. The number of benzene rings is 1. The van der Waals surface area contributed by atoms with Crippen molar-refractivity contribution >= 4 is 38.7 Å². The molecule has 168 valence electrons. The molecule has 32 heavy (non-hydrogen) atoms. The molecule has 2 aromatic heterocycles. The van der Waals surface area contributed by atoms with Gasteiger partial charge >= 0.3 is 0 Å². The van der Waals surface area contributed by atoms with Gasteiger partial charge in [0.1, 0.15) is 10.8 Å². The van der Waals surface area contributed by atoms with Crippen LogP contribution in [0.4, 0.5) is 0 Å². The number of Topliss-reactive ketones (excluding diaryl/α,β-unsaturated/α-hetero) is 1. The average Bonchev–Trinajstić information content (AvgIpc) is 3.54. The summed E-state index contributed by atoms with van der Waals surface area (Å²) in [4.78, 5) is 20.6. The summed E-state index contributed by atoms with van der Waals surface area (Å²) in [6.45, 7) is 4.36. The maximum absolute atomic E-state index is 13.0. The van der Waals surface area contributed by atoms with Crippen molar-refractivity contribution in [3.63, 3.8) is 0 Å². The Morgan fingerprint density at radius 3 is 2.78 bits per heavy atom. The molecule has 1 saturated heterocycles. The summed E-state index contributed by atoms with van der Waals surface area (Å²) in [6, 6.07) is 8.37. The first-order chi connectivity index (χ1) is 15.7. The molecule has 0 amide bonds. The minimum atomic E-state index is 0.402. The molecular weight excluding hydrogens is 434 g/mol. The van der Waals surface area contributed by atoms with Gasteiger partial charge in [0.05, 0.1) is 10.2 Å². The Kier molecular flexibility index (Phi) is 5.88. The molecule has 3 aliphatic rings. The summed E-state index contributed by atoms with van der Waals surface area (Å²) in [7, 11) is 0. The fourth-order valence-corrected chi connectivity index (χ4v) is 8.61. The number of fused-ring (bicyclic) bond motifs is 3. The molecule has 1 saturated carbocycles. The van der Waals surface area contributed by atoms with E-state index in [-0.39, 0.29) is 0 Å². The van der Waals surface area contributed by atoms with Gasteiger partial charge in [-0.25, -0.2) is 4.98 Å². The second kappa shape index (κ2) is 8.98. The van der Waals surface area contributed by atoms with E-state index in [1.54, 1.807) is 11.3 Å². The van der Waals surface area contributed by atoms with E-state index in [0.29, 0.717) is 12.2 Å². The Morgan fingerprint density at radius 2 is 1.94 bits per heavy atom. The lowest BCUT2D eigenvalue weighted by Crippen LogP contribution is -2.22. The third-order valence-electron chi connectivity index (χ3n) is 7.69. The van der Waals surface area contributed by atoms with E-state index in [9.17, 15) is 4.79 Å². The Balaban J connectivity index is 1.16. The topological polar surface area (TPSA) is 54.0 Å². The number of thiophene rings is 1. The molecule has 2 aliphatic heterocycles. The third kappa shape index (κ3) is 4.07. The standard InChI is InChI=1S/C26H31N3OS2/c30-19(5-3-4-16-10-17-13-28-14-18(17)11-16)12-23-25(20-8-9-27-15-24(20)31-23)26-29-21-6-1-2-7-22(21)32-26/h1-2,6-7,16-18,27-28H,3-5,8-15H2/t16?,17-,18+. The second-order valence-corrected chi connectivity index (χ2v) is 12.1. The van der Waals surface area contributed by atoms with Crippen LogP contribution in [0.1, 0.15) is 47.4 Å². The van der Waals surface area contributed by atoms with Crippen LogP contribution in [-0.2, 0) is 24.2 Å². The van der Waals surface area contributed by atoms with E-state index in [0.717, 1.165) is 60.6 Å². The van der Waals surface area contributed by atoms with E-state index < -0.39 is 0 Å². The van der Waals surface area contributed by atoms with Crippen molar-refractivity contribution in [2.24, 2.45) is 17.8 Å². The molecule has 3 aromatic rings. The van der Waals surface area contributed by atoms with E-state index in [1.165, 1.54) is 57.9 Å². The first-order valence-corrected chi connectivity index (χ1v) is 13.8. The first kappa shape index (κ1) is 21.0. The summed E-state index contributed by atoms with van der Waals surface area (Å²) < 4.78 is 1.23. The van der Waals surface area contributed by atoms with Gasteiger partial charge in [-0.05, 0) is 80.8 Å². The molecule has 1 unspecified atom stereocenters. The Hall–Kier alpha value is -1.60. The van der Waals surface area contributed by atoms with Crippen LogP contribution in [0, 0.1) is 17.8 Å². The Labute approximate surface area is 197 Å². The summed E-state index contributed by atoms with van der Waals surface area (Å²) in [5, 5.41) is 8.13. The fraction of sp³-hybridized carbons (Fsp3) is 0.538. The molecule has 0 radical (unpaired) electrons. The van der Waals surface area contributed by atoms with Gasteiger partial charge in [-0.1, -0.05) is 18.6 Å². The second-order valence-electron chi connectivity index (χ2n) is 9.84. The van der Waals surface area contributed by atoms with Crippen LogP contribution in [0.2, 0.25) is 0 Å². The summed E-state index contributed by atoms with van der Waals surface area (Å²) in [5.41, 5.74) is 3.77. The van der Waals surface area contributed by atoms with Crippen LogP contribution in [0.5, 0.6) is 0 Å². The summed E-state index contributed by atoms with van der Waals surface area (Å²) in [5.74, 6) is 3.05. The van der Waals surface area contributed by atoms with Crippen molar-refractivity contribution in [1.29, 1.82) is 0 Å². The van der Waals surface area contributed by atoms with Crippen LogP contribution in [0.15, 0.2) is 24.3 Å². The average molecular weight is 466 g/mol. The van der Waals surface area contributed by atoms with Crippen molar-refractivity contribution in [2.75, 3.05) is 19.6 Å². The van der Waals surface area contributed by atoms with Crippen molar-refractivity contribution in [2.45, 2.75) is 51.5 Å². The molecule has 2 N–H and O–H groups in total. The number of rotatable bonds is 7. The van der Waals surface area contributed by atoms with Crippen molar-refractivity contribution < 1.29 is 4.79 Å². The maximum Gasteiger partial charge on any atom is 0.138 e. The number of carbonyl (C=O) groups excluding carboxylic acids is 1. The largest absolute Gasteiger partial charge is 0.316 e. The number of nitrogens with zero attached hydrogens (tertiary/aromatic N) is 1. The monoisotopic (exact) mass is 465 g/mol. The molecule has 1 aromatic carbocycles. The van der Waals surface area contributed by atoms with E-state index >= 15 is 0 Å². The third-order valence-corrected chi connectivity index (χ3v) is 9.97. The number of carbonyl (C=O) groups is 1. The van der Waals surface area contributed by atoms with Gasteiger partial charge in [0.25, 0.3) is 0 Å². The number of thiazole rings is 1. The lowest BCUT2D eigenvalue weighted by Gasteiger charge is -2.13. The van der Waals surface area contributed by atoms with Crippen LogP contribution in [0.3, 0.4) is 0 Å². The normalized spacial score (nSPS) is 24.7. The van der Waals surface area contributed by atoms with Crippen LogP contribution in [-0.4, -0.2) is 30.4 Å². The Morgan fingerprint density at radius 1 is 1.09 bits per heavy atom. The number of para-hydroxylation sites is 1. The first-order valence-electron chi connectivity index (χ1n) is 12.2. The van der Waals surface area contributed by atoms with E-state index in [2.05, 4.69) is 34.9 Å². The van der Waals surface area contributed by atoms with Crippen LogP contribution < -0.4 is 10.6 Å².